The van der Waals surface area contributed by atoms with Crippen molar-refractivity contribution in [3.8, 4) is 11.3 Å². The van der Waals surface area contributed by atoms with Crippen LogP contribution in [0.5, 0.6) is 0 Å². The number of H-pyrrole nitrogens is 1. The van der Waals surface area contributed by atoms with Gasteiger partial charge in [-0.2, -0.15) is 5.10 Å². The SMILES string of the molecule is CC(C)(C)c1nc2cc(-c3cc(C(=O)O)[nH]n3)ccc2o1. The number of fused-ring (bicyclic) bond motifs is 1. The molecule has 0 amide bonds. The zero-order chi connectivity index (χ0) is 15.2. The molecule has 21 heavy (non-hydrogen) atoms. The predicted octanol–water partition coefficient (Wildman–Crippen LogP) is 3.21. The maximum Gasteiger partial charge on any atom is 0.353 e. The summed E-state index contributed by atoms with van der Waals surface area (Å²) in [6, 6.07) is 6.99. The van der Waals surface area contributed by atoms with E-state index in [2.05, 4.69) is 15.2 Å². The number of aromatic carboxylic acids is 1. The van der Waals surface area contributed by atoms with E-state index < -0.39 is 5.97 Å². The first-order valence-corrected chi connectivity index (χ1v) is 6.55. The molecule has 0 aliphatic carbocycles. The van der Waals surface area contributed by atoms with Gasteiger partial charge in [0.15, 0.2) is 5.58 Å². The van der Waals surface area contributed by atoms with Crippen molar-refractivity contribution in [1.82, 2.24) is 15.2 Å². The number of carbonyl (C=O) groups is 1. The third-order valence-electron chi connectivity index (χ3n) is 3.13. The molecule has 2 aromatic heterocycles. The van der Waals surface area contributed by atoms with Gasteiger partial charge in [-0.15, -0.1) is 0 Å². The molecule has 108 valence electrons. The number of benzene rings is 1. The lowest BCUT2D eigenvalue weighted by atomic mass is 9.97. The summed E-state index contributed by atoms with van der Waals surface area (Å²) < 4.78 is 5.73. The molecule has 0 radical (unpaired) electrons. The van der Waals surface area contributed by atoms with E-state index in [4.69, 9.17) is 9.52 Å². The van der Waals surface area contributed by atoms with Crippen molar-refractivity contribution in [3.63, 3.8) is 0 Å². The van der Waals surface area contributed by atoms with E-state index in [1.807, 2.05) is 39.0 Å². The lowest BCUT2D eigenvalue weighted by Crippen LogP contribution is -2.10. The number of aromatic nitrogens is 3. The maximum absolute atomic E-state index is 10.9. The van der Waals surface area contributed by atoms with Crippen molar-refractivity contribution in [2.45, 2.75) is 26.2 Å². The molecule has 0 aliphatic rings. The number of carboxylic acid groups (broad SMARTS) is 1. The van der Waals surface area contributed by atoms with Gasteiger partial charge < -0.3 is 9.52 Å². The number of nitrogens with one attached hydrogen (secondary N) is 1. The first-order valence-electron chi connectivity index (χ1n) is 6.55. The number of aromatic amines is 1. The molecule has 0 saturated heterocycles. The standard InChI is InChI=1S/C15H15N3O3/c1-15(2,3)14-16-10-6-8(4-5-12(10)21-14)9-7-11(13(19)20)18-17-9/h4-7H,1-3H3,(H,17,18)(H,19,20). The molecule has 0 saturated carbocycles. The third kappa shape index (κ3) is 2.40. The summed E-state index contributed by atoms with van der Waals surface area (Å²) in [6.45, 7) is 6.10. The molecular weight excluding hydrogens is 270 g/mol. The monoisotopic (exact) mass is 285 g/mol. The van der Waals surface area contributed by atoms with Gasteiger partial charge in [0, 0.05) is 11.0 Å². The van der Waals surface area contributed by atoms with Gasteiger partial charge in [0.1, 0.15) is 11.2 Å². The van der Waals surface area contributed by atoms with Crippen LogP contribution in [0.25, 0.3) is 22.4 Å². The van der Waals surface area contributed by atoms with E-state index in [1.54, 1.807) is 0 Å². The van der Waals surface area contributed by atoms with Gasteiger partial charge in [-0.25, -0.2) is 9.78 Å². The Labute approximate surface area is 120 Å². The largest absolute Gasteiger partial charge is 0.477 e. The minimum absolute atomic E-state index is 0.0561. The smallest absolute Gasteiger partial charge is 0.353 e. The average Bonchev–Trinajstić information content (AvgIpc) is 3.04. The van der Waals surface area contributed by atoms with Crippen molar-refractivity contribution in [2.75, 3.05) is 0 Å². The number of nitrogens with zero attached hydrogens (tertiary/aromatic N) is 2. The molecule has 3 aromatic rings. The van der Waals surface area contributed by atoms with Crippen molar-refractivity contribution in [1.29, 1.82) is 0 Å². The minimum atomic E-state index is -1.04. The van der Waals surface area contributed by atoms with Crippen LogP contribution in [0.2, 0.25) is 0 Å². The Bertz CT molecular complexity index is 824. The molecule has 3 rings (SSSR count). The Morgan fingerprint density at radius 1 is 1.29 bits per heavy atom. The highest BCUT2D eigenvalue weighted by Crippen LogP contribution is 2.28. The highest BCUT2D eigenvalue weighted by Gasteiger charge is 2.21. The summed E-state index contributed by atoms with van der Waals surface area (Å²) in [7, 11) is 0. The maximum atomic E-state index is 10.9. The average molecular weight is 285 g/mol. The van der Waals surface area contributed by atoms with Crippen LogP contribution in [0, 0.1) is 0 Å². The van der Waals surface area contributed by atoms with Crippen LogP contribution in [0.4, 0.5) is 0 Å². The van der Waals surface area contributed by atoms with E-state index in [0.29, 0.717) is 17.2 Å². The Morgan fingerprint density at radius 2 is 2.05 bits per heavy atom. The molecule has 0 atom stereocenters. The van der Waals surface area contributed by atoms with Crippen molar-refractivity contribution >= 4 is 17.1 Å². The van der Waals surface area contributed by atoms with Gasteiger partial charge in [-0.3, -0.25) is 5.10 Å². The molecule has 6 nitrogen and oxygen atoms in total. The number of carboxylic acids is 1. The van der Waals surface area contributed by atoms with Gasteiger partial charge in [0.2, 0.25) is 5.89 Å². The highest BCUT2D eigenvalue weighted by atomic mass is 16.4. The molecule has 0 fully saturated rings. The summed E-state index contributed by atoms with van der Waals surface area (Å²) in [5.74, 6) is -0.366. The fourth-order valence-electron chi connectivity index (χ4n) is 1.99. The lowest BCUT2D eigenvalue weighted by molar-refractivity contribution is 0.0690. The van der Waals surface area contributed by atoms with Crippen molar-refractivity contribution in [3.05, 3.63) is 35.9 Å². The van der Waals surface area contributed by atoms with Gasteiger partial charge in [-0.1, -0.05) is 20.8 Å². The number of oxazole rings is 1. The van der Waals surface area contributed by atoms with Crippen LogP contribution in [0.1, 0.15) is 37.2 Å². The van der Waals surface area contributed by atoms with E-state index in [9.17, 15) is 4.79 Å². The van der Waals surface area contributed by atoms with E-state index in [-0.39, 0.29) is 11.1 Å². The topological polar surface area (TPSA) is 92.0 Å². The van der Waals surface area contributed by atoms with Gasteiger partial charge in [0.05, 0.1) is 5.69 Å². The summed E-state index contributed by atoms with van der Waals surface area (Å²) in [5, 5.41) is 15.4. The third-order valence-corrected chi connectivity index (χ3v) is 3.13. The summed E-state index contributed by atoms with van der Waals surface area (Å²) in [6.07, 6.45) is 0. The second-order valence-electron chi connectivity index (χ2n) is 5.92. The van der Waals surface area contributed by atoms with Gasteiger partial charge in [0.25, 0.3) is 0 Å². The number of rotatable bonds is 2. The highest BCUT2D eigenvalue weighted by molar-refractivity contribution is 5.87. The molecule has 0 spiro atoms. The van der Waals surface area contributed by atoms with Crippen molar-refractivity contribution < 1.29 is 14.3 Å². The lowest BCUT2D eigenvalue weighted by Gasteiger charge is -2.11. The first-order chi connectivity index (χ1) is 9.84. The van der Waals surface area contributed by atoms with Gasteiger partial charge >= 0.3 is 5.97 Å². The summed E-state index contributed by atoms with van der Waals surface area (Å²) in [4.78, 5) is 15.4. The van der Waals surface area contributed by atoms with E-state index in [1.165, 1.54) is 6.07 Å². The zero-order valence-corrected chi connectivity index (χ0v) is 12.0. The molecule has 0 unspecified atom stereocenters. The second-order valence-corrected chi connectivity index (χ2v) is 5.92. The van der Waals surface area contributed by atoms with Crippen LogP contribution < -0.4 is 0 Å². The summed E-state index contributed by atoms with van der Waals surface area (Å²) in [5.41, 5.74) is 2.69. The van der Waals surface area contributed by atoms with Crippen molar-refractivity contribution in [2.24, 2.45) is 0 Å². The summed E-state index contributed by atoms with van der Waals surface area (Å²) >= 11 is 0. The van der Waals surface area contributed by atoms with E-state index in [0.717, 1.165) is 11.1 Å². The molecule has 0 bridgehead atoms. The Balaban J connectivity index is 2.05. The Hall–Kier alpha value is -2.63. The molecule has 2 heterocycles. The van der Waals surface area contributed by atoms with Crippen LogP contribution >= 0.6 is 0 Å². The zero-order valence-electron chi connectivity index (χ0n) is 12.0. The molecule has 2 N–H and O–H groups in total. The van der Waals surface area contributed by atoms with E-state index >= 15 is 0 Å². The molecule has 1 aromatic carbocycles. The predicted molar refractivity (Wildman–Crippen MR) is 77.3 cm³/mol. The molecular formula is C15H15N3O3. The quantitative estimate of drug-likeness (QED) is 0.754. The Morgan fingerprint density at radius 3 is 2.67 bits per heavy atom. The number of hydrogen-bond donors (Lipinski definition) is 2. The van der Waals surface area contributed by atoms with Crippen LogP contribution in [0.3, 0.4) is 0 Å². The minimum Gasteiger partial charge on any atom is -0.477 e. The fourth-order valence-corrected chi connectivity index (χ4v) is 1.99. The fraction of sp³-hybridized carbons (Fsp3) is 0.267. The Kier molecular flexibility index (Phi) is 2.83. The van der Waals surface area contributed by atoms with Gasteiger partial charge in [-0.05, 0) is 24.3 Å². The van der Waals surface area contributed by atoms with Crippen LogP contribution in [-0.2, 0) is 5.41 Å². The van der Waals surface area contributed by atoms with Crippen LogP contribution in [0.15, 0.2) is 28.7 Å². The molecule has 0 aliphatic heterocycles. The second kappa shape index (κ2) is 4.44. The first kappa shape index (κ1) is 13.4. The normalized spacial score (nSPS) is 12.0. The van der Waals surface area contributed by atoms with Crippen LogP contribution in [-0.4, -0.2) is 26.3 Å². The number of hydrogen-bond acceptors (Lipinski definition) is 4. The molecule has 6 heteroatoms.